The van der Waals surface area contributed by atoms with Gasteiger partial charge in [-0.25, -0.2) is 9.97 Å². The number of thiazole rings is 2. The van der Waals surface area contributed by atoms with Crippen LogP contribution in [0, 0.1) is 13.8 Å². The van der Waals surface area contributed by atoms with Crippen LogP contribution in [0.25, 0.3) is 0 Å². The maximum Gasteiger partial charge on any atom is 0.191 e. The average molecular weight is 366 g/mol. The number of aryl methyl sites for hydroxylation is 3. The molecule has 2 heterocycles. The quantitative estimate of drug-likeness (QED) is 0.406. The Labute approximate surface area is 152 Å². The van der Waals surface area contributed by atoms with E-state index in [0.29, 0.717) is 0 Å². The van der Waals surface area contributed by atoms with Gasteiger partial charge in [-0.1, -0.05) is 0 Å². The van der Waals surface area contributed by atoms with Crippen LogP contribution in [0.3, 0.4) is 0 Å². The zero-order valence-corrected chi connectivity index (χ0v) is 16.4. The zero-order chi connectivity index (χ0) is 17.2. The molecule has 0 aliphatic rings. The molecule has 0 aliphatic carbocycles. The second-order valence-corrected chi connectivity index (χ2v) is 7.90. The number of hydrogen-bond acceptors (Lipinski definition) is 5. The van der Waals surface area contributed by atoms with Gasteiger partial charge < -0.3 is 10.6 Å². The molecule has 7 heteroatoms. The molecular formula is C17H27N5S2. The molecule has 0 unspecified atom stereocenters. The van der Waals surface area contributed by atoms with Crippen LogP contribution in [0.1, 0.15) is 40.4 Å². The Kier molecular flexibility index (Phi) is 8.18. The van der Waals surface area contributed by atoms with Crippen molar-refractivity contribution in [3.8, 4) is 0 Å². The number of unbranched alkanes of at least 4 members (excludes halogenated alkanes) is 1. The Morgan fingerprint density at radius 1 is 1.17 bits per heavy atom. The molecule has 5 nitrogen and oxygen atoms in total. The summed E-state index contributed by atoms with van der Waals surface area (Å²) in [6.45, 7) is 8.80. The Balaban J connectivity index is 1.65. The first kappa shape index (κ1) is 18.9. The van der Waals surface area contributed by atoms with Crippen LogP contribution in [0.15, 0.2) is 16.6 Å². The molecule has 2 aromatic heterocycles. The molecular weight excluding hydrogens is 338 g/mol. The fourth-order valence-electron chi connectivity index (χ4n) is 2.24. The smallest absolute Gasteiger partial charge is 0.191 e. The summed E-state index contributed by atoms with van der Waals surface area (Å²) in [6.07, 6.45) is 6.14. The van der Waals surface area contributed by atoms with E-state index >= 15 is 0 Å². The number of rotatable bonds is 9. The first-order valence-electron chi connectivity index (χ1n) is 8.52. The highest BCUT2D eigenvalue weighted by Gasteiger charge is 2.01. The molecule has 2 rings (SSSR count). The Bertz CT molecular complexity index is 632. The standard InChI is InChI=1S/C17H27N5S2/c1-4-18-17(20-10-8-15-21-11-14(3)24-15)19-9-6-5-7-16-22-13(2)12-23-16/h11-12H,4-10H2,1-3H3,(H2,18,19,20). The van der Waals surface area contributed by atoms with Crippen molar-refractivity contribution in [1.29, 1.82) is 0 Å². The number of guanidine groups is 1. The van der Waals surface area contributed by atoms with E-state index < -0.39 is 0 Å². The number of nitrogens with one attached hydrogen (secondary N) is 2. The zero-order valence-electron chi connectivity index (χ0n) is 14.8. The topological polar surface area (TPSA) is 62.2 Å². The summed E-state index contributed by atoms with van der Waals surface area (Å²) in [5.74, 6) is 0.899. The molecule has 24 heavy (non-hydrogen) atoms. The molecule has 132 valence electrons. The van der Waals surface area contributed by atoms with Crippen molar-refractivity contribution in [2.24, 2.45) is 4.99 Å². The van der Waals surface area contributed by atoms with Crippen molar-refractivity contribution in [2.75, 3.05) is 19.6 Å². The summed E-state index contributed by atoms with van der Waals surface area (Å²) >= 11 is 3.52. The molecule has 0 aliphatic heterocycles. The highest BCUT2D eigenvalue weighted by Crippen LogP contribution is 2.12. The summed E-state index contributed by atoms with van der Waals surface area (Å²) in [4.78, 5) is 14.8. The third-order valence-electron chi connectivity index (χ3n) is 3.38. The van der Waals surface area contributed by atoms with E-state index in [9.17, 15) is 0 Å². The number of aliphatic imine (C=N–C) groups is 1. The van der Waals surface area contributed by atoms with Crippen LogP contribution in [0.4, 0.5) is 0 Å². The van der Waals surface area contributed by atoms with E-state index in [1.54, 1.807) is 22.7 Å². The molecule has 0 bridgehead atoms. The van der Waals surface area contributed by atoms with E-state index in [-0.39, 0.29) is 0 Å². The van der Waals surface area contributed by atoms with Crippen molar-refractivity contribution in [3.63, 3.8) is 0 Å². The second kappa shape index (κ2) is 10.4. The van der Waals surface area contributed by atoms with Gasteiger partial charge in [-0.05, 0) is 40.0 Å². The minimum Gasteiger partial charge on any atom is -0.357 e. The maximum atomic E-state index is 4.65. The molecule has 0 radical (unpaired) electrons. The van der Waals surface area contributed by atoms with Crippen molar-refractivity contribution in [1.82, 2.24) is 20.6 Å². The van der Waals surface area contributed by atoms with Gasteiger partial charge in [0.05, 0.1) is 10.0 Å². The van der Waals surface area contributed by atoms with Gasteiger partial charge in [0, 0.05) is 48.2 Å². The van der Waals surface area contributed by atoms with Gasteiger partial charge in [-0.2, -0.15) is 0 Å². The minimum absolute atomic E-state index is 0.843. The summed E-state index contributed by atoms with van der Waals surface area (Å²) in [7, 11) is 0. The highest BCUT2D eigenvalue weighted by molar-refractivity contribution is 7.11. The normalized spacial score (nSPS) is 11.7. The molecule has 0 atom stereocenters. The van der Waals surface area contributed by atoms with Crippen molar-refractivity contribution >= 4 is 28.6 Å². The fraction of sp³-hybridized carbons (Fsp3) is 0.588. The first-order valence-corrected chi connectivity index (χ1v) is 10.2. The number of aromatic nitrogens is 2. The summed E-state index contributed by atoms with van der Waals surface area (Å²) in [5, 5.41) is 11.2. The number of nitrogens with zero attached hydrogens (tertiary/aromatic N) is 3. The third-order valence-corrected chi connectivity index (χ3v) is 5.38. The van der Waals surface area contributed by atoms with Gasteiger partial charge in [-0.3, -0.25) is 4.99 Å². The Morgan fingerprint density at radius 3 is 2.71 bits per heavy atom. The van der Waals surface area contributed by atoms with Gasteiger partial charge in [-0.15, -0.1) is 22.7 Å². The Hall–Kier alpha value is -1.47. The van der Waals surface area contributed by atoms with Crippen LogP contribution in [-0.4, -0.2) is 35.6 Å². The lowest BCUT2D eigenvalue weighted by atomic mass is 10.2. The molecule has 0 saturated heterocycles. The maximum absolute atomic E-state index is 4.65. The molecule has 2 N–H and O–H groups in total. The molecule has 2 aromatic rings. The molecule has 0 amide bonds. The van der Waals surface area contributed by atoms with E-state index in [2.05, 4.69) is 44.8 Å². The summed E-state index contributed by atoms with van der Waals surface area (Å²) in [5.41, 5.74) is 1.13. The van der Waals surface area contributed by atoms with Crippen LogP contribution in [0.2, 0.25) is 0 Å². The van der Waals surface area contributed by atoms with Gasteiger partial charge >= 0.3 is 0 Å². The van der Waals surface area contributed by atoms with Crippen molar-refractivity contribution < 1.29 is 0 Å². The van der Waals surface area contributed by atoms with Crippen LogP contribution >= 0.6 is 22.7 Å². The van der Waals surface area contributed by atoms with Crippen LogP contribution < -0.4 is 10.6 Å². The highest BCUT2D eigenvalue weighted by atomic mass is 32.1. The van der Waals surface area contributed by atoms with E-state index in [1.165, 1.54) is 14.9 Å². The van der Waals surface area contributed by atoms with Crippen LogP contribution in [-0.2, 0) is 12.8 Å². The Morgan fingerprint density at radius 2 is 2.04 bits per heavy atom. The monoisotopic (exact) mass is 365 g/mol. The average Bonchev–Trinajstić information content (AvgIpc) is 3.15. The summed E-state index contributed by atoms with van der Waals surface area (Å²) < 4.78 is 0. The van der Waals surface area contributed by atoms with Gasteiger partial charge in [0.15, 0.2) is 5.96 Å². The van der Waals surface area contributed by atoms with E-state index in [1.807, 2.05) is 13.1 Å². The lowest BCUT2D eigenvalue weighted by Crippen LogP contribution is -2.38. The van der Waals surface area contributed by atoms with Gasteiger partial charge in [0.25, 0.3) is 0 Å². The van der Waals surface area contributed by atoms with Crippen LogP contribution in [0.5, 0.6) is 0 Å². The molecule has 0 fully saturated rings. The van der Waals surface area contributed by atoms with Gasteiger partial charge in [0.1, 0.15) is 0 Å². The first-order chi connectivity index (χ1) is 11.7. The fourth-order valence-corrected chi connectivity index (χ4v) is 3.85. The molecule has 0 saturated carbocycles. The van der Waals surface area contributed by atoms with E-state index in [0.717, 1.165) is 57.0 Å². The number of hydrogen-bond donors (Lipinski definition) is 2. The predicted octanol–water partition coefficient (Wildman–Crippen LogP) is 3.34. The summed E-state index contributed by atoms with van der Waals surface area (Å²) in [6, 6.07) is 0. The van der Waals surface area contributed by atoms with E-state index in [4.69, 9.17) is 0 Å². The lowest BCUT2D eigenvalue weighted by molar-refractivity contribution is 0.727. The minimum atomic E-state index is 0.843. The molecule has 0 aromatic carbocycles. The molecule has 0 spiro atoms. The lowest BCUT2D eigenvalue weighted by Gasteiger charge is -2.10. The SMILES string of the molecule is CCNC(=NCCCCc1nc(C)cs1)NCCc1ncc(C)s1. The van der Waals surface area contributed by atoms with Gasteiger partial charge in [0.2, 0.25) is 0 Å². The third kappa shape index (κ3) is 6.97. The second-order valence-electron chi connectivity index (χ2n) is 5.64. The largest absolute Gasteiger partial charge is 0.357 e. The predicted molar refractivity (Wildman–Crippen MR) is 104 cm³/mol. The van der Waals surface area contributed by atoms with Crippen molar-refractivity contribution in [3.05, 3.63) is 32.2 Å². The van der Waals surface area contributed by atoms with Crippen molar-refractivity contribution in [2.45, 2.75) is 46.5 Å².